The smallest absolute Gasteiger partial charge is 0.166 e. The highest BCUT2D eigenvalue weighted by atomic mass is 16.1. The number of carbonyl (C=O) groups excluding carboxylic acids is 1. The lowest BCUT2D eigenvalue weighted by Gasteiger charge is -2.30. The SMILES string of the molecule is C=CC[C@H](c1ccc(C)cc1)[C@@H]1CCc2ccccc2C1=O. The van der Waals surface area contributed by atoms with Crippen molar-refractivity contribution in [2.45, 2.75) is 32.1 Å². The summed E-state index contributed by atoms with van der Waals surface area (Å²) in [6.07, 6.45) is 4.72. The highest BCUT2D eigenvalue weighted by molar-refractivity contribution is 6.00. The molecule has 0 spiro atoms. The topological polar surface area (TPSA) is 17.1 Å². The lowest BCUT2D eigenvalue weighted by molar-refractivity contribution is 0.0879. The molecular formula is C21H22O. The van der Waals surface area contributed by atoms with Gasteiger partial charge in [-0.3, -0.25) is 4.79 Å². The minimum atomic E-state index is 0.0654. The number of aryl methyl sites for hydroxylation is 2. The zero-order valence-electron chi connectivity index (χ0n) is 13.1. The third kappa shape index (κ3) is 2.76. The number of benzene rings is 2. The van der Waals surface area contributed by atoms with Crippen LogP contribution in [-0.2, 0) is 6.42 Å². The summed E-state index contributed by atoms with van der Waals surface area (Å²) in [5.41, 5.74) is 4.62. The molecule has 0 amide bonds. The molecular weight excluding hydrogens is 268 g/mol. The van der Waals surface area contributed by atoms with E-state index in [1.54, 1.807) is 0 Å². The Morgan fingerprint density at radius 3 is 2.64 bits per heavy atom. The van der Waals surface area contributed by atoms with Crippen molar-refractivity contribution in [1.29, 1.82) is 0 Å². The van der Waals surface area contributed by atoms with E-state index in [-0.39, 0.29) is 11.8 Å². The standard InChI is InChI=1S/C21H22O/c1-3-6-18(17-11-9-15(2)10-12-17)20-14-13-16-7-4-5-8-19(16)21(20)22/h3-5,7-12,18,20H,1,6,13-14H2,2H3/t18-,20+/m1/s1. The van der Waals surface area contributed by atoms with Gasteiger partial charge in [0.25, 0.3) is 0 Å². The Morgan fingerprint density at radius 1 is 1.18 bits per heavy atom. The van der Waals surface area contributed by atoms with Crippen LogP contribution >= 0.6 is 0 Å². The van der Waals surface area contributed by atoms with Crippen LogP contribution in [0.1, 0.15) is 45.8 Å². The minimum absolute atomic E-state index is 0.0654. The third-order valence-corrected chi connectivity index (χ3v) is 4.76. The van der Waals surface area contributed by atoms with E-state index in [0.29, 0.717) is 5.78 Å². The van der Waals surface area contributed by atoms with Gasteiger partial charge in [-0.2, -0.15) is 0 Å². The van der Waals surface area contributed by atoms with E-state index in [1.165, 1.54) is 16.7 Å². The number of fused-ring (bicyclic) bond motifs is 1. The number of Topliss-reactive ketones (excluding diaryl/α,β-unsaturated/α-hetero) is 1. The van der Waals surface area contributed by atoms with Gasteiger partial charge in [-0.1, -0.05) is 60.2 Å². The van der Waals surface area contributed by atoms with Crippen molar-refractivity contribution in [2.75, 3.05) is 0 Å². The molecule has 2 aromatic rings. The van der Waals surface area contributed by atoms with E-state index in [4.69, 9.17) is 0 Å². The molecule has 0 radical (unpaired) electrons. The fourth-order valence-corrected chi connectivity index (χ4v) is 3.53. The zero-order valence-corrected chi connectivity index (χ0v) is 13.1. The van der Waals surface area contributed by atoms with Gasteiger partial charge >= 0.3 is 0 Å². The Bertz CT molecular complexity index is 681. The molecule has 0 bridgehead atoms. The molecule has 0 fully saturated rings. The van der Waals surface area contributed by atoms with Crippen molar-refractivity contribution in [2.24, 2.45) is 5.92 Å². The number of hydrogen-bond donors (Lipinski definition) is 0. The van der Waals surface area contributed by atoms with Gasteiger partial charge in [0.1, 0.15) is 0 Å². The second kappa shape index (κ2) is 6.31. The van der Waals surface area contributed by atoms with Crippen molar-refractivity contribution in [1.82, 2.24) is 0 Å². The van der Waals surface area contributed by atoms with Gasteiger partial charge in [0, 0.05) is 11.5 Å². The molecule has 0 saturated carbocycles. The van der Waals surface area contributed by atoms with E-state index in [9.17, 15) is 4.79 Å². The summed E-state index contributed by atoms with van der Waals surface area (Å²) >= 11 is 0. The Kier molecular flexibility index (Phi) is 4.24. The van der Waals surface area contributed by atoms with E-state index >= 15 is 0 Å². The minimum Gasteiger partial charge on any atom is -0.294 e. The Morgan fingerprint density at radius 2 is 1.91 bits per heavy atom. The van der Waals surface area contributed by atoms with Crippen LogP contribution in [0, 0.1) is 12.8 Å². The van der Waals surface area contributed by atoms with Crippen LogP contribution < -0.4 is 0 Å². The van der Waals surface area contributed by atoms with Gasteiger partial charge < -0.3 is 0 Å². The highest BCUT2D eigenvalue weighted by Crippen LogP contribution is 2.37. The van der Waals surface area contributed by atoms with Crippen LogP contribution in [0.15, 0.2) is 61.2 Å². The lowest BCUT2D eigenvalue weighted by atomic mass is 9.72. The first-order valence-corrected chi connectivity index (χ1v) is 8.00. The maximum absolute atomic E-state index is 12.9. The molecule has 3 rings (SSSR count). The summed E-state index contributed by atoms with van der Waals surface area (Å²) in [7, 11) is 0. The number of ketones is 1. The first-order valence-electron chi connectivity index (χ1n) is 8.00. The fourth-order valence-electron chi connectivity index (χ4n) is 3.53. The van der Waals surface area contributed by atoms with Crippen LogP contribution in [0.2, 0.25) is 0 Å². The summed E-state index contributed by atoms with van der Waals surface area (Å²) in [5.74, 6) is 0.601. The molecule has 2 aromatic carbocycles. The Balaban J connectivity index is 1.94. The van der Waals surface area contributed by atoms with Gasteiger partial charge in [0.05, 0.1) is 0 Å². The summed E-state index contributed by atoms with van der Waals surface area (Å²) < 4.78 is 0. The molecule has 1 nitrogen and oxygen atoms in total. The predicted octanol–water partition coefficient (Wildman–Crippen LogP) is 5.10. The van der Waals surface area contributed by atoms with Gasteiger partial charge in [0.15, 0.2) is 5.78 Å². The maximum atomic E-state index is 12.9. The molecule has 0 saturated heterocycles. The molecule has 22 heavy (non-hydrogen) atoms. The Hall–Kier alpha value is -2.15. The van der Waals surface area contributed by atoms with Gasteiger partial charge in [-0.25, -0.2) is 0 Å². The first-order chi connectivity index (χ1) is 10.7. The number of allylic oxidation sites excluding steroid dienone is 1. The largest absolute Gasteiger partial charge is 0.294 e. The van der Waals surface area contributed by atoms with E-state index in [1.807, 2.05) is 24.3 Å². The van der Waals surface area contributed by atoms with Crippen LogP contribution in [0.5, 0.6) is 0 Å². The number of hydrogen-bond acceptors (Lipinski definition) is 1. The molecule has 1 aliphatic carbocycles. The summed E-state index contributed by atoms with van der Waals surface area (Å²) in [6, 6.07) is 16.6. The third-order valence-electron chi connectivity index (χ3n) is 4.76. The van der Waals surface area contributed by atoms with Crippen LogP contribution in [0.3, 0.4) is 0 Å². The quantitative estimate of drug-likeness (QED) is 0.716. The van der Waals surface area contributed by atoms with Crippen LogP contribution in [0.4, 0.5) is 0 Å². The predicted molar refractivity (Wildman–Crippen MR) is 91.3 cm³/mol. The molecule has 112 valence electrons. The van der Waals surface area contributed by atoms with Gasteiger partial charge in [-0.15, -0.1) is 6.58 Å². The fraction of sp³-hybridized carbons (Fsp3) is 0.286. The first kappa shape index (κ1) is 14.8. The molecule has 0 aromatic heterocycles. The monoisotopic (exact) mass is 290 g/mol. The van der Waals surface area contributed by atoms with Crippen molar-refractivity contribution in [3.8, 4) is 0 Å². The molecule has 1 heteroatoms. The molecule has 0 N–H and O–H groups in total. The zero-order chi connectivity index (χ0) is 15.5. The van der Waals surface area contributed by atoms with Crippen molar-refractivity contribution in [3.05, 3.63) is 83.4 Å². The second-order valence-electron chi connectivity index (χ2n) is 6.21. The average Bonchev–Trinajstić information content (AvgIpc) is 2.55. The average molecular weight is 290 g/mol. The maximum Gasteiger partial charge on any atom is 0.166 e. The van der Waals surface area contributed by atoms with E-state index in [2.05, 4.69) is 43.8 Å². The number of carbonyl (C=O) groups is 1. The van der Waals surface area contributed by atoms with Gasteiger partial charge in [-0.05, 0) is 43.2 Å². The summed E-state index contributed by atoms with van der Waals surface area (Å²) in [6.45, 7) is 5.99. The molecule has 0 heterocycles. The second-order valence-corrected chi connectivity index (χ2v) is 6.21. The lowest BCUT2D eigenvalue weighted by Crippen LogP contribution is -2.28. The van der Waals surface area contributed by atoms with Gasteiger partial charge in [0.2, 0.25) is 0 Å². The van der Waals surface area contributed by atoms with E-state index in [0.717, 1.165) is 24.8 Å². The number of rotatable bonds is 4. The van der Waals surface area contributed by atoms with Crippen molar-refractivity contribution in [3.63, 3.8) is 0 Å². The molecule has 2 atom stereocenters. The molecule has 0 unspecified atom stereocenters. The van der Waals surface area contributed by atoms with Crippen molar-refractivity contribution < 1.29 is 4.79 Å². The summed E-state index contributed by atoms with van der Waals surface area (Å²) in [4.78, 5) is 12.9. The Labute approximate surface area is 132 Å². The van der Waals surface area contributed by atoms with Crippen LogP contribution in [0.25, 0.3) is 0 Å². The van der Waals surface area contributed by atoms with Crippen molar-refractivity contribution >= 4 is 5.78 Å². The van der Waals surface area contributed by atoms with E-state index < -0.39 is 0 Å². The normalized spacial score (nSPS) is 18.6. The highest BCUT2D eigenvalue weighted by Gasteiger charge is 2.33. The summed E-state index contributed by atoms with van der Waals surface area (Å²) in [5, 5.41) is 0. The van der Waals surface area contributed by atoms with Crippen LogP contribution in [-0.4, -0.2) is 5.78 Å². The molecule has 0 aliphatic heterocycles. The molecule has 1 aliphatic rings.